The molecule has 1 unspecified atom stereocenters. The summed E-state index contributed by atoms with van der Waals surface area (Å²) >= 11 is 0. The van der Waals surface area contributed by atoms with Crippen molar-refractivity contribution < 1.29 is 29.0 Å². The van der Waals surface area contributed by atoms with Gasteiger partial charge in [0, 0.05) is 55.6 Å². The predicted octanol–water partition coefficient (Wildman–Crippen LogP) is 6.91. The van der Waals surface area contributed by atoms with Crippen LogP contribution >= 0.6 is 21.6 Å². The number of nitrogens with two attached hydrogens (primary N) is 1. The van der Waals surface area contributed by atoms with Crippen LogP contribution in [0.25, 0.3) is 0 Å². The summed E-state index contributed by atoms with van der Waals surface area (Å²) in [7, 11) is 3.30. The molecule has 0 bridgehead atoms. The smallest absolute Gasteiger partial charge is 0.305 e. The molecular weight excluding hydrogens is 685 g/mol. The summed E-state index contributed by atoms with van der Waals surface area (Å²) in [4.78, 5) is 42.2. The number of rotatable bonds is 29. The number of aliphatic hydroxyl groups excluding tert-OH is 1. The molecule has 2 atom stereocenters. The molecule has 0 radical (unpaired) electrons. The normalized spacial score (nSPS) is 13.5. The molecule has 1 aromatic rings. The Hall–Kier alpha value is -3.16. The van der Waals surface area contributed by atoms with Gasteiger partial charge in [-0.3, -0.25) is 19.4 Å². The minimum Gasteiger partial charge on any atom is -0.465 e. The van der Waals surface area contributed by atoms with Gasteiger partial charge in [-0.1, -0.05) is 109 Å². The van der Waals surface area contributed by atoms with Crippen molar-refractivity contribution in [3.8, 4) is 0 Å². The van der Waals surface area contributed by atoms with Crippen molar-refractivity contribution in [1.82, 2.24) is 15.6 Å². The molecule has 10 nitrogen and oxygen atoms in total. The summed E-state index contributed by atoms with van der Waals surface area (Å²) in [5.41, 5.74) is 4.70. The zero-order valence-corrected chi connectivity index (χ0v) is 32.3. The van der Waals surface area contributed by atoms with Crippen molar-refractivity contribution >= 4 is 39.4 Å². The molecule has 0 spiro atoms. The van der Waals surface area contributed by atoms with Crippen molar-refractivity contribution in [2.75, 3.05) is 37.7 Å². The van der Waals surface area contributed by atoms with Gasteiger partial charge in [-0.25, -0.2) is 0 Å². The number of hydrogen-bond acceptors (Lipinski definition) is 10. The lowest BCUT2D eigenvalue weighted by Gasteiger charge is -2.33. The molecule has 5 N–H and O–H groups in total. The first-order valence-corrected chi connectivity index (χ1v) is 20.3. The molecular formula is C39H60N4O6S2. The maximum absolute atomic E-state index is 13.3. The predicted molar refractivity (Wildman–Crippen MR) is 212 cm³/mol. The third-order valence-electron chi connectivity index (χ3n) is 7.11. The Morgan fingerprint density at radius 1 is 0.882 bits per heavy atom. The third-order valence-corrected chi connectivity index (χ3v) is 9.55. The van der Waals surface area contributed by atoms with Gasteiger partial charge in [0.15, 0.2) is 6.29 Å². The summed E-state index contributed by atoms with van der Waals surface area (Å²) in [6.45, 7) is 6.66. The molecule has 0 aliphatic rings. The Morgan fingerprint density at radius 3 is 2.12 bits per heavy atom. The summed E-state index contributed by atoms with van der Waals surface area (Å²) in [5, 5.41) is 16.3. The molecule has 51 heavy (non-hydrogen) atoms. The first-order valence-electron chi connectivity index (χ1n) is 17.8. The number of carbonyl (C=O) groups excluding carboxylic acids is 3. The number of aromatic nitrogens is 1. The maximum atomic E-state index is 13.3. The number of hydrogen-bond donors (Lipinski definition) is 4. The zero-order chi connectivity index (χ0) is 37.4. The van der Waals surface area contributed by atoms with Gasteiger partial charge in [0.2, 0.25) is 11.8 Å². The molecule has 0 aliphatic carbocycles. The van der Waals surface area contributed by atoms with Crippen LogP contribution < -0.4 is 16.4 Å². The number of aliphatic hydroxyl groups is 1. The molecule has 0 aromatic carbocycles. The molecule has 1 heterocycles. The van der Waals surface area contributed by atoms with Crippen molar-refractivity contribution in [3.05, 3.63) is 90.9 Å². The largest absolute Gasteiger partial charge is 0.465 e. The van der Waals surface area contributed by atoms with Crippen LogP contribution in [0.2, 0.25) is 0 Å². The van der Waals surface area contributed by atoms with Crippen LogP contribution in [-0.2, 0) is 23.9 Å². The summed E-state index contributed by atoms with van der Waals surface area (Å²) in [5.74, 6) is 0.496. The number of unbranched alkanes of at least 4 members (excludes halogenated alkanes) is 1. The van der Waals surface area contributed by atoms with Crippen molar-refractivity contribution in [2.45, 2.75) is 91.0 Å². The number of ether oxygens (including phenoxy) is 2. The zero-order valence-electron chi connectivity index (χ0n) is 30.7. The monoisotopic (exact) mass is 744 g/mol. The van der Waals surface area contributed by atoms with E-state index in [1.807, 2.05) is 0 Å². The number of amides is 2. The lowest BCUT2D eigenvalue weighted by molar-refractivity contribution is -0.191. The first-order chi connectivity index (χ1) is 24.7. The van der Waals surface area contributed by atoms with Crippen LogP contribution in [0, 0.1) is 5.41 Å². The van der Waals surface area contributed by atoms with Crippen LogP contribution in [0.1, 0.15) is 90.5 Å². The first kappa shape index (κ1) is 45.9. The van der Waals surface area contributed by atoms with Crippen LogP contribution in [0.4, 0.5) is 0 Å². The van der Waals surface area contributed by atoms with Crippen LogP contribution in [0.3, 0.4) is 0 Å². The van der Waals surface area contributed by atoms with Gasteiger partial charge in [-0.2, -0.15) is 0 Å². The number of carbonyl (C=O) groups is 3. The van der Waals surface area contributed by atoms with Crippen molar-refractivity contribution in [3.63, 3.8) is 0 Å². The Morgan fingerprint density at radius 2 is 1.51 bits per heavy atom. The summed E-state index contributed by atoms with van der Waals surface area (Å²) < 4.78 is 11.4. The van der Waals surface area contributed by atoms with E-state index in [9.17, 15) is 19.5 Å². The Bertz CT molecular complexity index is 1240. The van der Waals surface area contributed by atoms with Gasteiger partial charge >= 0.3 is 5.97 Å². The van der Waals surface area contributed by atoms with E-state index in [1.54, 1.807) is 53.6 Å². The fraction of sp³-hybridized carbons (Fsp3) is 0.538. The summed E-state index contributed by atoms with van der Waals surface area (Å²) in [6, 6.07) is 4.99. The van der Waals surface area contributed by atoms with Crippen LogP contribution in [0.15, 0.2) is 85.2 Å². The Labute approximate surface area is 313 Å². The molecule has 2 amide bonds. The highest BCUT2D eigenvalue weighted by Gasteiger charge is 2.39. The number of allylic oxidation sites excluding steroid dienone is 10. The number of nitrogens with one attached hydrogen (secondary N) is 2. The molecule has 12 heteroatoms. The van der Waals surface area contributed by atoms with E-state index in [1.165, 1.54) is 6.20 Å². The number of nitrogens with zero attached hydrogens (tertiary/aromatic N) is 1. The third kappa shape index (κ3) is 24.6. The molecule has 0 aliphatic heterocycles. The maximum Gasteiger partial charge on any atom is 0.305 e. The van der Waals surface area contributed by atoms with E-state index in [2.05, 4.69) is 83.3 Å². The van der Waals surface area contributed by atoms with Gasteiger partial charge in [0.05, 0.1) is 12.3 Å². The van der Waals surface area contributed by atoms with E-state index >= 15 is 0 Å². The van der Waals surface area contributed by atoms with Gasteiger partial charge in [0.25, 0.3) is 0 Å². The van der Waals surface area contributed by atoms with Gasteiger partial charge in [0.1, 0.15) is 6.10 Å². The highest BCUT2D eigenvalue weighted by atomic mass is 33.1. The van der Waals surface area contributed by atoms with Crippen molar-refractivity contribution in [2.24, 2.45) is 11.1 Å². The van der Waals surface area contributed by atoms with Gasteiger partial charge in [-0.05, 0) is 57.1 Å². The Kier molecular flexibility index (Phi) is 27.4. The minimum atomic E-state index is -1.49. The topological polar surface area (TPSA) is 153 Å². The lowest BCUT2D eigenvalue weighted by atomic mass is 9.86. The molecule has 0 saturated heterocycles. The van der Waals surface area contributed by atoms with Gasteiger partial charge in [-0.15, -0.1) is 0 Å². The SMILES string of the molecule is CC/C=C\C/C=C\C/C=C\C/C=C\C/C=C\CCCC(=O)OCC(C)(C)[C@@H](OC(O)c1ccccn1)C(=O)NCCC(=O)NCCSSCCN. The van der Waals surface area contributed by atoms with E-state index in [4.69, 9.17) is 15.2 Å². The molecule has 1 rings (SSSR count). The second-order valence-electron chi connectivity index (χ2n) is 12.2. The van der Waals surface area contributed by atoms with Crippen LogP contribution in [0.5, 0.6) is 0 Å². The Balaban J connectivity index is 2.49. The highest BCUT2D eigenvalue weighted by molar-refractivity contribution is 8.76. The van der Waals surface area contributed by atoms with Crippen molar-refractivity contribution in [1.29, 1.82) is 0 Å². The second kappa shape index (κ2) is 30.5. The number of pyridine rings is 1. The fourth-order valence-corrected chi connectivity index (χ4v) is 6.11. The molecule has 1 aromatic heterocycles. The molecule has 0 saturated carbocycles. The van der Waals surface area contributed by atoms with E-state index in [0.29, 0.717) is 19.5 Å². The average Bonchev–Trinajstić information content (AvgIpc) is 3.12. The molecule has 0 fully saturated rings. The second-order valence-corrected chi connectivity index (χ2v) is 14.9. The van der Waals surface area contributed by atoms with E-state index < -0.39 is 23.7 Å². The minimum absolute atomic E-state index is 0.0743. The average molecular weight is 745 g/mol. The summed E-state index contributed by atoms with van der Waals surface area (Å²) in [6.07, 6.45) is 26.7. The van der Waals surface area contributed by atoms with Gasteiger partial charge < -0.3 is 30.9 Å². The fourth-order valence-electron chi connectivity index (χ4n) is 4.35. The van der Waals surface area contributed by atoms with E-state index in [0.717, 1.165) is 50.0 Å². The quantitative estimate of drug-likeness (QED) is 0.0224. The molecule has 284 valence electrons. The number of esters is 1. The van der Waals surface area contributed by atoms with E-state index in [-0.39, 0.29) is 43.6 Å². The lowest BCUT2D eigenvalue weighted by Crippen LogP contribution is -2.49. The van der Waals surface area contributed by atoms with Crippen LogP contribution in [-0.4, -0.2) is 71.7 Å². The highest BCUT2D eigenvalue weighted by Crippen LogP contribution is 2.29. The standard InChI is InChI=1S/C39H60N4O6S2/c1-4-5-6-7-8-9-10-11-12-13-14-15-16-17-18-19-20-24-35(45)48-32-39(2,3)36(49-38(47)33-23-21-22-27-41-33)37(46)43-28-25-34(44)42-29-31-51-50-30-26-40/h5-6,8-9,11-12,14-15,17-18,21-23,27,36,38,47H,4,7,10,13,16,19-20,24-26,28-32,40H2,1-3H3,(H,42,44)(H,43,46)/b6-5-,9-8-,12-11-,15-14-,18-17-/t36-,38?/m0/s1.